The molecule has 1 aromatic carbocycles. The van der Waals surface area contributed by atoms with E-state index < -0.39 is 6.10 Å². The average molecular weight is 268 g/mol. The SMILES string of the molecule is CC(Oc1ccc(Cl)cc1)C(=O)NC1CCCC1. The van der Waals surface area contributed by atoms with Crippen molar-refractivity contribution in [1.82, 2.24) is 5.32 Å². The standard InChI is InChI=1S/C14H18ClNO2/c1-10(14(17)16-12-4-2-3-5-12)18-13-8-6-11(15)7-9-13/h6-10,12H,2-5H2,1H3,(H,16,17). The van der Waals surface area contributed by atoms with E-state index in [1.807, 2.05) is 0 Å². The molecule has 98 valence electrons. The largest absolute Gasteiger partial charge is 0.481 e. The summed E-state index contributed by atoms with van der Waals surface area (Å²) in [5, 5.41) is 3.68. The van der Waals surface area contributed by atoms with Crippen LogP contribution in [-0.4, -0.2) is 18.1 Å². The maximum Gasteiger partial charge on any atom is 0.260 e. The summed E-state index contributed by atoms with van der Waals surface area (Å²) in [7, 11) is 0. The van der Waals surface area contributed by atoms with Crippen LogP contribution >= 0.6 is 11.6 Å². The molecule has 0 aliphatic heterocycles. The number of hydrogen-bond donors (Lipinski definition) is 1. The molecule has 1 amide bonds. The Hall–Kier alpha value is -1.22. The lowest BCUT2D eigenvalue weighted by Crippen LogP contribution is -2.41. The van der Waals surface area contributed by atoms with Crippen molar-refractivity contribution in [2.24, 2.45) is 0 Å². The molecule has 1 fully saturated rings. The molecule has 0 radical (unpaired) electrons. The highest BCUT2D eigenvalue weighted by atomic mass is 35.5. The second kappa shape index (κ2) is 6.10. The van der Waals surface area contributed by atoms with Crippen molar-refractivity contribution in [1.29, 1.82) is 0 Å². The van der Waals surface area contributed by atoms with Gasteiger partial charge in [0.25, 0.3) is 5.91 Å². The number of carbonyl (C=O) groups excluding carboxylic acids is 1. The van der Waals surface area contributed by atoms with Crippen LogP contribution in [0.1, 0.15) is 32.6 Å². The number of rotatable bonds is 4. The summed E-state index contributed by atoms with van der Waals surface area (Å²) >= 11 is 5.79. The third-order valence-electron chi connectivity index (χ3n) is 3.20. The Morgan fingerprint density at radius 1 is 1.33 bits per heavy atom. The van der Waals surface area contributed by atoms with Gasteiger partial charge in [-0.1, -0.05) is 24.4 Å². The fourth-order valence-corrected chi connectivity index (χ4v) is 2.29. The van der Waals surface area contributed by atoms with Crippen LogP contribution in [0.3, 0.4) is 0 Å². The first-order chi connectivity index (χ1) is 8.65. The predicted octanol–water partition coefficient (Wildman–Crippen LogP) is 3.17. The minimum Gasteiger partial charge on any atom is -0.481 e. The van der Waals surface area contributed by atoms with Crippen LogP contribution < -0.4 is 10.1 Å². The molecule has 1 aliphatic carbocycles. The topological polar surface area (TPSA) is 38.3 Å². The highest BCUT2D eigenvalue weighted by molar-refractivity contribution is 6.30. The lowest BCUT2D eigenvalue weighted by atomic mass is 10.2. The molecule has 0 bridgehead atoms. The van der Waals surface area contributed by atoms with Crippen LogP contribution in [0.15, 0.2) is 24.3 Å². The number of amides is 1. The Balaban J connectivity index is 1.84. The van der Waals surface area contributed by atoms with Crippen molar-refractivity contribution in [2.75, 3.05) is 0 Å². The van der Waals surface area contributed by atoms with Gasteiger partial charge in [0.15, 0.2) is 6.10 Å². The molecule has 0 saturated heterocycles. The molecule has 18 heavy (non-hydrogen) atoms. The molecule has 1 saturated carbocycles. The van der Waals surface area contributed by atoms with Gasteiger partial charge in [-0.15, -0.1) is 0 Å². The molecule has 0 spiro atoms. The molecule has 1 aliphatic rings. The maximum atomic E-state index is 11.9. The van der Waals surface area contributed by atoms with Crippen molar-refractivity contribution in [3.8, 4) is 5.75 Å². The van der Waals surface area contributed by atoms with Gasteiger partial charge in [-0.05, 0) is 44.0 Å². The van der Waals surface area contributed by atoms with Gasteiger partial charge in [0.2, 0.25) is 0 Å². The van der Waals surface area contributed by atoms with Crippen molar-refractivity contribution < 1.29 is 9.53 Å². The lowest BCUT2D eigenvalue weighted by molar-refractivity contribution is -0.127. The van der Waals surface area contributed by atoms with Crippen LogP contribution in [0, 0.1) is 0 Å². The first-order valence-electron chi connectivity index (χ1n) is 6.38. The normalized spacial score (nSPS) is 17.4. The van der Waals surface area contributed by atoms with Gasteiger partial charge in [0.05, 0.1) is 0 Å². The molecular weight excluding hydrogens is 250 g/mol. The Bertz CT molecular complexity index is 399. The highest BCUT2D eigenvalue weighted by Gasteiger charge is 2.21. The minimum absolute atomic E-state index is 0.0446. The Morgan fingerprint density at radius 2 is 1.94 bits per heavy atom. The van der Waals surface area contributed by atoms with Gasteiger partial charge in [-0.25, -0.2) is 0 Å². The molecular formula is C14H18ClNO2. The Kier molecular flexibility index (Phi) is 4.48. The van der Waals surface area contributed by atoms with E-state index in [-0.39, 0.29) is 5.91 Å². The molecule has 1 N–H and O–H groups in total. The molecule has 1 aromatic rings. The van der Waals surface area contributed by atoms with Crippen LogP contribution in [0.4, 0.5) is 0 Å². The first kappa shape index (κ1) is 13.2. The van der Waals surface area contributed by atoms with Crippen molar-refractivity contribution in [2.45, 2.75) is 44.8 Å². The number of halogens is 1. The number of hydrogen-bond acceptors (Lipinski definition) is 2. The molecule has 0 heterocycles. The van der Waals surface area contributed by atoms with E-state index in [9.17, 15) is 4.79 Å². The van der Waals surface area contributed by atoms with Gasteiger partial charge in [-0.2, -0.15) is 0 Å². The molecule has 2 rings (SSSR count). The van der Waals surface area contributed by atoms with E-state index >= 15 is 0 Å². The third kappa shape index (κ3) is 3.64. The van der Waals surface area contributed by atoms with E-state index in [4.69, 9.17) is 16.3 Å². The van der Waals surface area contributed by atoms with Crippen LogP contribution in [0.25, 0.3) is 0 Å². The smallest absolute Gasteiger partial charge is 0.260 e. The number of carbonyl (C=O) groups is 1. The van der Waals surface area contributed by atoms with Crippen LogP contribution in [-0.2, 0) is 4.79 Å². The zero-order valence-corrected chi connectivity index (χ0v) is 11.2. The number of ether oxygens (including phenoxy) is 1. The van der Waals surface area contributed by atoms with Gasteiger partial charge in [0, 0.05) is 11.1 Å². The third-order valence-corrected chi connectivity index (χ3v) is 3.45. The zero-order valence-electron chi connectivity index (χ0n) is 10.5. The molecule has 1 unspecified atom stereocenters. The predicted molar refractivity (Wildman–Crippen MR) is 71.9 cm³/mol. The average Bonchev–Trinajstić information content (AvgIpc) is 2.85. The van der Waals surface area contributed by atoms with E-state index in [1.54, 1.807) is 31.2 Å². The summed E-state index contributed by atoms with van der Waals surface area (Å²) in [6.07, 6.45) is 4.10. The zero-order chi connectivity index (χ0) is 13.0. The lowest BCUT2D eigenvalue weighted by Gasteiger charge is -2.18. The number of nitrogens with one attached hydrogen (secondary N) is 1. The second-order valence-corrected chi connectivity index (χ2v) is 5.14. The van der Waals surface area contributed by atoms with Gasteiger partial charge in [-0.3, -0.25) is 4.79 Å². The van der Waals surface area contributed by atoms with E-state index in [0.717, 1.165) is 12.8 Å². The van der Waals surface area contributed by atoms with Crippen LogP contribution in [0.5, 0.6) is 5.75 Å². The van der Waals surface area contributed by atoms with E-state index in [2.05, 4.69) is 5.32 Å². The fourth-order valence-electron chi connectivity index (χ4n) is 2.16. The van der Waals surface area contributed by atoms with E-state index in [0.29, 0.717) is 16.8 Å². The van der Waals surface area contributed by atoms with Crippen LogP contribution in [0.2, 0.25) is 5.02 Å². The fraction of sp³-hybridized carbons (Fsp3) is 0.500. The van der Waals surface area contributed by atoms with Gasteiger partial charge in [0.1, 0.15) is 5.75 Å². The minimum atomic E-state index is -0.480. The van der Waals surface area contributed by atoms with E-state index in [1.165, 1.54) is 12.8 Å². The van der Waals surface area contributed by atoms with Gasteiger partial charge < -0.3 is 10.1 Å². The summed E-state index contributed by atoms with van der Waals surface area (Å²) in [5.41, 5.74) is 0. The summed E-state index contributed by atoms with van der Waals surface area (Å²) in [4.78, 5) is 11.9. The van der Waals surface area contributed by atoms with Crippen molar-refractivity contribution >= 4 is 17.5 Å². The van der Waals surface area contributed by atoms with Gasteiger partial charge >= 0.3 is 0 Å². The highest BCUT2D eigenvalue weighted by Crippen LogP contribution is 2.19. The molecule has 4 heteroatoms. The monoisotopic (exact) mass is 267 g/mol. The number of benzene rings is 1. The summed E-state index contributed by atoms with van der Waals surface area (Å²) in [5.74, 6) is 0.616. The summed E-state index contributed by atoms with van der Waals surface area (Å²) < 4.78 is 5.57. The molecule has 3 nitrogen and oxygen atoms in total. The maximum absolute atomic E-state index is 11.9. The molecule has 1 atom stereocenters. The second-order valence-electron chi connectivity index (χ2n) is 4.70. The quantitative estimate of drug-likeness (QED) is 0.910. The Morgan fingerprint density at radius 3 is 2.56 bits per heavy atom. The van der Waals surface area contributed by atoms with Crippen molar-refractivity contribution in [3.05, 3.63) is 29.3 Å². The first-order valence-corrected chi connectivity index (χ1v) is 6.75. The summed E-state index contributed by atoms with van der Waals surface area (Å²) in [6, 6.07) is 7.36. The Labute approximate surface area is 112 Å². The molecule has 0 aromatic heterocycles. The van der Waals surface area contributed by atoms with Crippen molar-refractivity contribution in [3.63, 3.8) is 0 Å². The summed E-state index contributed by atoms with van der Waals surface area (Å²) in [6.45, 7) is 1.76.